The Kier molecular flexibility index (Phi) is 7.15. The van der Waals surface area contributed by atoms with Gasteiger partial charge in [-0.25, -0.2) is 4.79 Å². The number of amides is 1. The highest BCUT2D eigenvalue weighted by Crippen LogP contribution is 2.02. The van der Waals surface area contributed by atoms with Crippen LogP contribution in [0.25, 0.3) is 0 Å². The lowest BCUT2D eigenvalue weighted by atomic mass is 10.1. The molecule has 6 heteroatoms. The molecule has 0 radical (unpaired) electrons. The van der Waals surface area contributed by atoms with E-state index in [1.54, 1.807) is 18.7 Å². The van der Waals surface area contributed by atoms with E-state index in [0.717, 1.165) is 0 Å². The highest BCUT2D eigenvalue weighted by atomic mass is 32.2. The van der Waals surface area contributed by atoms with Crippen LogP contribution in [0.5, 0.6) is 0 Å². The van der Waals surface area contributed by atoms with Crippen molar-refractivity contribution >= 4 is 23.6 Å². The van der Waals surface area contributed by atoms with Crippen molar-refractivity contribution in [1.82, 2.24) is 5.32 Å². The Hall–Kier alpha value is -0.750. The van der Waals surface area contributed by atoms with E-state index in [1.807, 2.05) is 6.26 Å². The monoisotopic (exact) mass is 234 g/mol. The molecule has 0 bridgehead atoms. The van der Waals surface area contributed by atoms with E-state index < -0.39 is 12.0 Å². The van der Waals surface area contributed by atoms with Crippen LogP contribution in [0.4, 0.5) is 0 Å². The molecule has 4 N–H and O–H groups in total. The molecule has 0 spiro atoms. The van der Waals surface area contributed by atoms with Gasteiger partial charge in [-0.15, -0.1) is 0 Å². The second-order valence-electron chi connectivity index (χ2n) is 3.32. The summed E-state index contributed by atoms with van der Waals surface area (Å²) in [5.41, 5.74) is 5.31. The largest absolute Gasteiger partial charge is 0.480 e. The Bertz CT molecular complexity index is 223. The van der Waals surface area contributed by atoms with Crippen molar-refractivity contribution in [2.45, 2.75) is 19.4 Å². The number of hydrogen-bond donors (Lipinski definition) is 3. The van der Waals surface area contributed by atoms with Crippen LogP contribution in [-0.2, 0) is 9.59 Å². The van der Waals surface area contributed by atoms with Gasteiger partial charge in [-0.1, -0.05) is 6.92 Å². The molecule has 1 amide bonds. The third kappa shape index (κ3) is 5.64. The fraction of sp³-hybridized carbons (Fsp3) is 0.778. The number of carboxylic acids is 1. The van der Waals surface area contributed by atoms with E-state index in [1.165, 1.54) is 0 Å². The van der Waals surface area contributed by atoms with Gasteiger partial charge in [-0.2, -0.15) is 11.8 Å². The van der Waals surface area contributed by atoms with Crippen molar-refractivity contribution in [3.8, 4) is 0 Å². The quantitative estimate of drug-likeness (QED) is 0.572. The van der Waals surface area contributed by atoms with E-state index >= 15 is 0 Å². The van der Waals surface area contributed by atoms with Crippen molar-refractivity contribution in [3.63, 3.8) is 0 Å². The van der Waals surface area contributed by atoms with Gasteiger partial charge in [0.05, 0.1) is 0 Å². The minimum absolute atomic E-state index is 0.223. The third-order valence-electron chi connectivity index (χ3n) is 2.03. The number of nitrogens with two attached hydrogens (primary N) is 1. The van der Waals surface area contributed by atoms with E-state index in [4.69, 9.17) is 10.8 Å². The van der Waals surface area contributed by atoms with Crippen LogP contribution < -0.4 is 11.1 Å². The Balaban J connectivity index is 4.16. The molecule has 0 aliphatic heterocycles. The van der Waals surface area contributed by atoms with E-state index in [-0.39, 0.29) is 18.4 Å². The van der Waals surface area contributed by atoms with Crippen molar-refractivity contribution in [1.29, 1.82) is 0 Å². The highest BCUT2D eigenvalue weighted by Gasteiger charge is 2.21. The second kappa shape index (κ2) is 7.53. The molecule has 5 nitrogen and oxygen atoms in total. The molecular weight excluding hydrogens is 216 g/mol. The lowest BCUT2D eigenvalue weighted by Gasteiger charge is -2.16. The zero-order chi connectivity index (χ0) is 11.8. The molecule has 2 atom stereocenters. The normalized spacial score (nSPS) is 14.3. The zero-order valence-corrected chi connectivity index (χ0v) is 9.84. The maximum Gasteiger partial charge on any atom is 0.326 e. The summed E-state index contributed by atoms with van der Waals surface area (Å²) in [5, 5.41) is 11.3. The molecule has 0 saturated heterocycles. The molecule has 0 fully saturated rings. The lowest BCUT2D eigenvalue weighted by molar-refractivity contribution is -0.142. The van der Waals surface area contributed by atoms with Gasteiger partial charge in [0.2, 0.25) is 5.91 Å². The molecule has 0 aliphatic carbocycles. The van der Waals surface area contributed by atoms with Crippen LogP contribution in [0.2, 0.25) is 0 Å². The predicted molar refractivity (Wildman–Crippen MR) is 60.8 cm³/mol. The number of rotatable bonds is 7. The van der Waals surface area contributed by atoms with Gasteiger partial charge in [0.15, 0.2) is 0 Å². The van der Waals surface area contributed by atoms with Crippen LogP contribution in [0.15, 0.2) is 0 Å². The van der Waals surface area contributed by atoms with Crippen LogP contribution in [-0.4, -0.2) is 41.6 Å². The summed E-state index contributed by atoms with van der Waals surface area (Å²) in [6, 6.07) is -0.807. The summed E-state index contributed by atoms with van der Waals surface area (Å²) in [6.07, 6.45) is 2.32. The van der Waals surface area contributed by atoms with Crippen molar-refractivity contribution in [3.05, 3.63) is 0 Å². The first-order valence-electron chi connectivity index (χ1n) is 4.75. The maximum atomic E-state index is 11.4. The number of carboxylic acid groups (broad SMARTS) is 1. The summed E-state index contributed by atoms with van der Waals surface area (Å²) in [4.78, 5) is 22.2. The second-order valence-corrected chi connectivity index (χ2v) is 4.30. The molecule has 15 heavy (non-hydrogen) atoms. The van der Waals surface area contributed by atoms with E-state index in [0.29, 0.717) is 12.2 Å². The maximum absolute atomic E-state index is 11.4. The van der Waals surface area contributed by atoms with Gasteiger partial charge in [0.1, 0.15) is 6.04 Å². The Morgan fingerprint density at radius 3 is 2.53 bits per heavy atom. The van der Waals surface area contributed by atoms with Gasteiger partial charge in [-0.05, 0) is 18.4 Å². The number of carbonyl (C=O) groups is 2. The Labute approximate surface area is 93.8 Å². The molecule has 0 aromatic rings. The van der Waals surface area contributed by atoms with E-state index in [9.17, 15) is 9.59 Å². The van der Waals surface area contributed by atoms with Crippen LogP contribution >= 0.6 is 11.8 Å². The molecule has 0 aliphatic rings. The van der Waals surface area contributed by atoms with Gasteiger partial charge in [0, 0.05) is 12.5 Å². The first kappa shape index (κ1) is 14.2. The minimum atomic E-state index is -0.998. The number of carbonyl (C=O) groups excluding carboxylic acids is 1. The van der Waals surface area contributed by atoms with Crippen LogP contribution in [0.1, 0.15) is 13.3 Å². The molecule has 0 aromatic carbocycles. The summed E-state index contributed by atoms with van der Waals surface area (Å²) < 4.78 is 0. The fourth-order valence-corrected chi connectivity index (χ4v) is 1.39. The average molecular weight is 234 g/mol. The zero-order valence-electron chi connectivity index (χ0n) is 9.03. The topological polar surface area (TPSA) is 92.4 Å². The first-order valence-corrected chi connectivity index (χ1v) is 6.14. The number of nitrogens with one attached hydrogen (secondary N) is 1. The Morgan fingerprint density at radius 2 is 2.13 bits per heavy atom. The first-order chi connectivity index (χ1) is 7.02. The van der Waals surface area contributed by atoms with Gasteiger partial charge >= 0.3 is 5.97 Å². The number of thioether (sulfide) groups is 1. The van der Waals surface area contributed by atoms with Gasteiger partial charge < -0.3 is 16.2 Å². The average Bonchev–Trinajstić information content (AvgIpc) is 2.22. The molecule has 0 rings (SSSR count). The molecule has 0 aromatic heterocycles. The summed E-state index contributed by atoms with van der Waals surface area (Å²) >= 11 is 1.55. The van der Waals surface area contributed by atoms with Crippen molar-refractivity contribution < 1.29 is 14.7 Å². The minimum Gasteiger partial charge on any atom is -0.480 e. The van der Waals surface area contributed by atoms with Crippen LogP contribution in [0.3, 0.4) is 0 Å². The smallest absolute Gasteiger partial charge is 0.326 e. The number of aliphatic carboxylic acids is 1. The fourth-order valence-electron chi connectivity index (χ4n) is 0.914. The molecule has 2 unspecified atom stereocenters. The Morgan fingerprint density at radius 1 is 1.53 bits per heavy atom. The highest BCUT2D eigenvalue weighted by molar-refractivity contribution is 7.98. The molecular formula is C9H18N2O3S. The van der Waals surface area contributed by atoms with E-state index in [2.05, 4.69) is 5.32 Å². The van der Waals surface area contributed by atoms with Gasteiger partial charge in [-0.3, -0.25) is 4.79 Å². The molecule has 88 valence electrons. The van der Waals surface area contributed by atoms with Gasteiger partial charge in [0.25, 0.3) is 0 Å². The lowest BCUT2D eigenvalue weighted by Crippen LogP contribution is -2.44. The summed E-state index contributed by atoms with van der Waals surface area (Å²) in [7, 11) is 0. The summed E-state index contributed by atoms with van der Waals surface area (Å²) in [6.45, 7) is 1.89. The van der Waals surface area contributed by atoms with Crippen molar-refractivity contribution in [2.24, 2.45) is 11.7 Å². The van der Waals surface area contributed by atoms with Crippen molar-refractivity contribution in [2.75, 3.05) is 18.6 Å². The molecule has 0 saturated carbocycles. The predicted octanol–water partition coefficient (Wildman–Crippen LogP) is -0.0963. The summed E-state index contributed by atoms with van der Waals surface area (Å²) in [5.74, 6) is -0.942. The third-order valence-corrected chi connectivity index (χ3v) is 2.67. The standard InChI is InChI=1S/C9H18N2O3S/c1-6(5-10)8(12)11-7(9(13)14)3-4-15-2/h6-7H,3-5,10H2,1-2H3,(H,11,12)(H,13,14). The SMILES string of the molecule is CSCCC(NC(=O)C(C)CN)C(=O)O. The van der Waals surface area contributed by atoms with Crippen LogP contribution in [0, 0.1) is 5.92 Å². The number of hydrogen-bond acceptors (Lipinski definition) is 4. The molecule has 0 heterocycles.